The number of hydrogen-bond donors (Lipinski definition) is 1. The van der Waals surface area contributed by atoms with Crippen molar-refractivity contribution >= 4 is 11.4 Å². The molecule has 3 nitrogen and oxygen atoms in total. The van der Waals surface area contributed by atoms with Gasteiger partial charge in [-0.05, 0) is 29.8 Å². The SMILES string of the molecule is COc1cccc(CNc2ccccc2N(C)C)c1. The van der Waals surface area contributed by atoms with Crippen LogP contribution < -0.4 is 15.0 Å². The van der Waals surface area contributed by atoms with Crippen molar-refractivity contribution in [2.24, 2.45) is 0 Å². The zero-order chi connectivity index (χ0) is 13.7. The van der Waals surface area contributed by atoms with Crippen LogP contribution in [-0.4, -0.2) is 21.2 Å². The first-order chi connectivity index (χ1) is 9.20. The monoisotopic (exact) mass is 256 g/mol. The molecule has 3 heteroatoms. The third-order valence-corrected chi connectivity index (χ3v) is 3.00. The van der Waals surface area contributed by atoms with Crippen molar-refractivity contribution in [3.63, 3.8) is 0 Å². The fourth-order valence-electron chi connectivity index (χ4n) is 1.99. The fourth-order valence-corrected chi connectivity index (χ4v) is 1.99. The Kier molecular flexibility index (Phi) is 4.29. The summed E-state index contributed by atoms with van der Waals surface area (Å²) in [7, 11) is 5.78. The highest BCUT2D eigenvalue weighted by molar-refractivity contribution is 5.69. The molecule has 0 aliphatic carbocycles. The smallest absolute Gasteiger partial charge is 0.119 e. The normalized spacial score (nSPS) is 10.1. The molecule has 19 heavy (non-hydrogen) atoms. The van der Waals surface area contributed by atoms with Gasteiger partial charge in [0.05, 0.1) is 18.5 Å². The van der Waals surface area contributed by atoms with Crippen molar-refractivity contribution < 1.29 is 4.74 Å². The number of hydrogen-bond acceptors (Lipinski definition) is 3. The molecule has 0 aliphatic rings. The lowest BCUT2D eigenvalue weighted by molar-refractivity contribution is 0.414. The fraction of sp³-hybridized carbons (Fsp3) is 0.250. The van der Waals surface area contributed by atoms with Gasteiger partial charge in [0.1, 0.15) is 5.75 Å². The molecule has 0 amide bonds. The average molecular weight is 256 g/mol. The summed E-state index contributed by atoms with van der Waals surface area (Å²) >= 11 is 0. The minimum atomic E-state index is 0.780. The van der Waals surface area contributed by atoms with Crippen LogP contribution >= 0.6 is 0 Å². The van der Waals surface area contributed by atoms with E-state index in [-0.39, 0.29) is 0 Å². The van der Waals surface area contributed by atoms with Crippen molar-refractivity contribution in [3.05, 3.63) is 54.1 Å². The standard InChI is InChI=1S/C16H20N2O/c1-18(2)16-10-5-4-9-15(16)17-12-13-7-6-8-14(11-13)19-3/h4-11,17H,12H2,1-3H3. The Hall–Kier alpha value is -2.16. The van der Waals surface area contributed by atoms with Crippen LogP contribution in [0.5, 0.6) is 5.75 Å². The van der Waals surface area contributed by atoms with Gasteiger partial charge in [0.2, 0.25) is 0 Å². The lowest BCUT2D eigenvalue weighted by atomic mass is 10.2. The van der Waals surface area contributed by atoms with Crippen molar-refractivity contribution in [3.8, 4) is 5.75 Å². The van der Waals surface area contributed by atoms with E-state index in [2.05, 4.69) is 28.4 Å². The second-order valence-electron chi connectivity index (χ2n) is 4.62. The molecule has 100 valence electrons. The summed E-state index contributed by atoms with van der Waals surface area (Å²) < 4.78 is 5.23. The van der Waals surface area contributed by atoms with Gasteiger partial charge < -0.3 is 15.0 Å². The van der Waals surface area contributed by atoms with Gasteiger partial charge in [0, 0.05) is 20.6 Å². The molecule has 0 unspecified atom stereocenters. The average Bonchev–Trinajstić information content (AvgIpc) is 2.45. The van der Waals surface area contributed by atoms with Gasteiger partial charge in [-0.2, -0.15) is 0 Å². The van der Waals surface area contributed by atoms with Crippen LogP contribution in [0.3, 0.4) is 0 Å². The number of rotatable bonds is 5. The Morgan fingerprint density at radius 3 is 2.58 bits per heavy atom. The quantitative estimate of drug-likeness (QED) is 0.887. The largest absolute Gasteiger partial charge is 0.497 e. The number of anilines is 2. The van der Waals surface area contributed by atoms with Crippen molar-refractivity contribution in [1.82, 2.24) is 0 Å². The first-order valence-electron chi connectivity index (χ1n) is 6.34. The maximum Gasteiger partial charge on any atom is 0.119 e. The topological polar surface area (TPSA) is 24.5 Å². The van der Waals surface area contributed by atoms with Crippen LogP contribution in [0.1, 0.15) is 5.56 Å². The summed E-state index contributed by atoms with van der Waals surface area (Å²) in [5.41, 5.74) is 3.52. The molecular formula is C16H20N2O. The van der Waals surface area contributed by atoms with E-state index in [1.165, 1.54) is 11.3 Å². The minimum Gasteiger partial charge on any atom is -0.497 e. The van der Waals surface area contributed by atoms with Crippen molar-refractivity contribution in [1.29, 1.82) is 0 Å². The lowest BCUT2D eigenvalue weighted by Gasteiger charge is -2.18. The van der Waals surface area contributed by atoms with E-state index < -0.39 is 0 Å². The third-order valence-electron chi connectivity index (χ3n) is 3.00. The van der Waals surface area contributed by atoms with Crippen molar-refractivity contribution in [2.45, 2.75) is 6.54 Å². The first-order valence-corrected chi connectivity index (χ1v) is 6.34. The predicted molar refractivity (Wildman–Crippen MR) is 81.1 cm³/mol. The summed E-state index contributed by atoms with van der Waals surface area (Å²) in [6, 6.07) is 16.4. The number of ether oxygens (including phenoxy) is 1. The number of benzene rings is 2. The molecule has 0 fully saturated rings. The summed E-state index contributed by atoms with van der Waals surface area (Å²) in [5.74, 6) is 0.889. The van der Waals surface area contributed by atoms with E-state index in [4.69, 9.17) is 4.74 Å². The Bertz CT molecular complexity index is 538. The predicted octanol–water partition coefficient (Wildman–Crippen LogP) is 3.37. The Morgan fingerprint density at radius 1 is 1.05 bits per heavy atom. The van der Waals surface area contributed by atoms with E-state index in [1.54, 1.807) is 7.11 Å². The van der Waals surface area contributed by atoms with Crippen LogP contribution in [0.2, 0.25) is 0 Å². The maximum atomic E-state index is 5.23. The van der Waals surface area contributed by atoms with E-state index in [1.807, 2.05) is 44.4 Å². The molecule has 0 heterocycles. The van der Waals surface area contributed by atoms with E-state index in [9.17, 15) is 0 Å². The summed E-state index contributed by atoms with van der Waals surface area (Å²) in [5, 5.41) is 3.46. The number of nitrogens with one attached hydrogen (secondary N) is 1. The highest BCUT2D eigenvalue weighted by Crippen LogP contribution is 2.24. The van der Waals surface area contributed by atoms with Crippen LogP contribution in [0.25, 0.3) is 0 Å². The molecule has 0 aliphatic heterocycles. The number of nitrogens with zero attached hydrogens (tertiary/aromatic N) is 1. The highest BCUT2D eigenvalue weighted by Gasteiger charge is 2.03. The lowest BCUT2D eigenvalue weighted by Crippen LogP contribution is -2.12. The van der Waals surface area contributed by atoms with Gasteiger partial charge in [-0.25, -0.2) is 0 Å². The van der Waals surface area contributed by atoms with Gasteiger partial charge in [-0.15, -0.1) is 0 Å². The number of para-hydroxylation sites is 2. The van der Waals surface area contributed by atoms with Crippen molar-refractivity contribution in [2.75, 3.05) is 31.4 Å². The van der Waals surface area contributed by atoms with Crippen LogP contribution in [-0.2, 0) is 6.54 Å². The Balaban J connectivity index is 2.10. The Morgan fingerprint density at radius 2 is 1.84 bits per heavy atom. The molecule has 0 radical (unpaired) electrons. The zero-order valence-electron chi connectivity index (χ0n) is 11.7. The molecule has 0 spiro atoms. The molecule has 2 aromatic carbocycles. The zero-order valence-corrected chi connectivity index (χ0v) is 11.7. The first kappa shape index (κ1) is 13.3. The van der Waals surface area contributed by atoms with Crippen LogP contribution in [0, 0.1) is 0 Å². The molecule has 0 saturated heterocycles. The summed E-state index contributed by atoms with van der Waals surface area (Å²) in [4.78, 5) is 2.11. The molecule has 1 N–H and O–H groups in total. The van der Waals surface area contributed by atoms with Gasteiger partial charge in [-0.1, -0.05) is 24.3 Å². The molecule has 0 atom stereocenters. The maximum absolute atomic E-state index is 5.23. The molecule has 2 rings (SSSR count). The van der Waals surface area contributed by atoms with Gasteiger partial charge in [0.25, 0.3) is 0 Å². The minimum absolute atomic E-state index is 0.780. The molecule has 0 bridgehead atoms. The van der Waals surface area contributed by atoms with E-state index in [0.29, 0.717) is 0 Å². The van der Waals surface area contributed by atoms with Crippen LogP contribution in [0.15, 0.2) is 48.5 Å². The molecular weight excluding hydrogens is 236 g/mol. The van der Waals surface area contributed by atoms with Crippen LogP contribution in [0.4, 0.5) is 11.4 Å². The van der Waals surface area contributed by atoms with Gasteiger partial charge in [-0.3, -0.25) is 0 Å². The van der Waals surface area contributed by atoms with E-state index in [0.717, 1.165) is 18.0 Å². The molecule has 2 aromatic rings. The third kappa shape index (κ3) is 3.41. The van der Waals surface area contributed by atoms with Gasteiger partial charge >= 0.3 is 0 Å². The Labute approximate surface area is 114 Å². The second-order valence-corrected chi connectivity index (χ2v) is 4.62. The molecule has 0 saturated carbocycles. The second kappa shape index (κ2) is 6.14. The number of methoxy groups -OCH3 is 1. The van der Waals surface area contributed by atoms with E-state index >= 15 is 0 Å². The summed E-state index contributed by atoms with van der Waals surface area (Å²) in [6.45, 7) is 0.780. The van der Waals surface area contributed by atoms with Gasteiger partial charge in [0.15, 0.2) is 0 Å². The highest BCUT2D eigenvalue weighted by atomic mass is 16.5. The summed E-state index contributed by atoms with van der Waals surface area (Å²) in [6.07, 6.45) is 0. The molecule has 0 aromatic heterocycles.